The Bertz CT molecular complexity index is 231. The molecule has 0 spiro atoms. The highest BCUT2D eigenvalue weighted by molar-refractivity contribution is 5.06. The standard InChI is InChI=1S/C12H20N.BrH/c1-3-5-6-7-12-8-10-13(4-2)11-9-12;/h8-11H,3-7H2,1-2H3;1H/q+1;/p-1. The van der Waals surface area contributed by atoms with Gasteiger partial charge in [0.05, 0.1) is 0 Å². The third-order valence-corrected chi connectivity index (χ3v) is 2.39. The van der Waals surface area contributed by atoms with Crippen molar-refractivity contribution < 1.29 is 21.5 Å². The van der Waals surface area contributed by atoms with Gasteiger partial charge in [-0.15, -0.1) is 0 Å². The molecule has 0 bridgehead atoms. The Kier molecular flexibility index (Phi) is 7.77. The quantitative estimate of drug-likeness (QED) is 0.506. The summed E-state index contributed by atoms with van der Waals surface area (Å²) >= 11 is 0. The molecule has 1 aromatic rings. The number of halogens is 1. The van der Waals surface area contributed by atoms with Gasteiger partial charge in [0.2, 0.25) is 0 Å². The predicted molar refractivity (Wildman–Crippen MR) is 55.5 cm³/mol. The fourth-order valence-corrected chi connectivity index (χ4v) is 1.44. The monoisotopic (exact) mass is 257 g/mol. The molecule has 2 heteroatoms. The molecular formula is C12H20BrN. The number of pyridine rings is 1. The van der Waals surface area contributed by atoms with E-state index in [4.69, 9.17) is 0 Å². The lowest BCUT2D eigenvalue weighted by Gasteiger charge is -1.98. The summed E-state index contributed by atoms with van der Waals surface area (Å²) in [6.45, 7) is 5.47. The molecule has 80 valence electrons. The average molecular weight is 258 g/mol. The van der Waals surface area contributed by atoms with Gasteiger partial charge in [0.1, 0.15) is 6.54 Å². The van der Waals surface area contributed by atoms with Crippen molar-refractivity contribution in [3.05, 3.63) is 30.1 Å². The lowest BCUT2D eigenvalue weighted by Crippen LogP contribution is -3.00. The first-order valence-corrected chi connectivity index (χ1v) is 5.34. The Labute approximate surface area is 97.9 Å². The van der Waals surface area contributed by atoms with E-state index in [1.165, 1.54) is 31.2 Å². The molecule has 1 nitrogen and oxygen atoms in total. The molecule has 14 heavy (non-hydrogen) atoms. The Hall–Kier alpha value is -0.370. The van der Waals surface area contributed by atoms with Crippen molar-refractivity contribution in [3.8, 4) is 0 Å². The lowest BCUT2D eigenvalue weighted by atomic mass is 10.1. The maximum absolute atomic E-state index is 2.25. The number of hydrogen-bond donors (Lipinski definition) is 0. The summed E-state index contributed by atoms with van der Waals surface area (Å²) in [7, 11) is 0. The number of unbranched alkanes of at least 4 members (excludes halogenated alkanes) is 2. The summed E-state index contributed by atoms with van der Waals surface area (Å²) in [6, 6.07) is 4.47. The van der Waals surface area contributed by atoms with Crippen molar-refractivity contribution >= 4 is 0 Å². The molecule has 0 saturated carbocycles. The molecule has 0 radical (unpaired) electrons. The normalized spacial score (nSPS) is 9.57. The number of nitrogens with zero attached hydrogens (tertiary/aromatic N) is 1. The first-order valence-electron chi connectivity index (χ1n) is 5.34. The largest absolute Gasteiger partial charge is 1.00 e. The molecule has 0 aliphatic rings. The molecule has 0 aromatic carbocycles. The summed E-state index contributed by atoms with van der Waals surface area (Å²) in [5, 5.41) is 0. The van der Waals surface area contributed by atoms with E-state index in [1.54, 1.807) is 0 Å². The van der Waals surface area contributed by atoms with Crippen LogP contribution < -0.4 is 21.5 Å². The van der Waals surface area contributed by atoms with Crippen molar-refractivity contribution in [2.45, 2.75) is 46.1 Å². The van der Waals surface area contributed by atoms with Gasteiger partial charge in [0.25, 0.3) is 0 Å². The maximum atomic E-state index is 2.25. The van der Waals surface area contributed by atoms with Crippen LogP contribution in [-0.2, 0) is 13.0 Å². The van der Waals surface area contributed by atoms with Crippen LogP contribution in [0.1, 0.15) is 38.7 Å². The Balaban J connectivity index is 0.00000169. The van der Waals surface area contributed by atoms with Gasteiger partial charge in [-0.2, -0.15) is 0 Å². The molecule has 0 aliphatic carbocycles. The van der Waals surface area contributed by atoms with Crippen molar-refractivity contribution in [2.75, 3.05) is 0 Å². The van der Waals surface area contributed by atoms with Crippen LogP contribution in [0.5, 0.6) is 0 Å². The van der Waals surface area contributed by atoms with E-state index in [1.807, 2.05) is 0 Å². The predicted octanol–water partition coefficient (Wildman–Crippen LogP) is -0.269. The molecule has 0 amide bonds. The highest BCUT2D eigenvalue weighted by Crippen LogP contribution is 2.03. The van der Waals surface area contributed by atoms with Gasteiger partial charge in [0.15, 0.2) is 12.4 Å². The second-order valence-electron chi connectivity index (χ2n) is 3.49. The second kappa shape index (κ2) is 7.98. The zero-order valence-electron chi connectivity index (χ0n) is 9.17. The number of aryl methyl sites for hydroxylation is 2. The van der Waals surface area contributed by atoms with Crippen molar-refractivity contribution in [2.24, 2.45) is 0 Å². The SMILES string of the molecule is CCCCCc1cc[n+](CC)cc1.[Br-]. The zero-order chi connectivity index (χ0) is 9.52. The first-order chi connectivity index (χ1) is 6.36. The average Bonchev–Trinajstić information content (AvgIpc) is 2.19. The Morgan fingerprint density at radius 1 is 1.07 bits per heavy atom. The van der Waals surface area contributed by atoms with Gasteiger partial charge in [-0.3, -0.25) is 0 Å². The zero-order valence-corrected chi connectivity index (χ0v) is 10.8. The van der Waals surface area contributed by atoms with Crippen LogP contribution in [0.25, 0.3) is 0 Å². The summed E-state index contributed by atoms with van der Waals surface area (Å²) < 4.78 is 2.20. The van der Waals surface area contributed by atoms with Crippen LogP contribution in [0, 0.1) is 0 Å². The summed E-state index contributed by atoms with van der Waals surface area (Å²) in [5.74, 6) is 0. The van der Waals surface area contributed by atoms with Gasteiger partial charge < -0.3 is 17.0 Å². The summed E-state index contributed by atoms with van der Waals surface area (Å²) in [5.41, 5.74) is 1.47. The fourth-order valence-electron chi connectivity index (χ4n) is 1.44. The van der Waals surface area contributed by atoms with E-state index in [-0.39, 0.29) is 17.0 Å². The highest BCUT2D eigenvalue weighted by atomic mass is 79.9. The molecule has 0 N–H and O–H groups in total. The fraction of sp³-hybridized carbons (Fsp3) is 0.583. The lowest BCUT2D eigenvalue weighted by molar-refractivity contribution is -0.693. The number of rotatable bonds is 5. The van der Waals surface area contributed by atoms with Crippen molar-refractivity contribution in [1.82, 2.24) is 0 Å². The molecule has 1 heterocycles. The van der Waals surface area contributed by atoms with Crippen molar-refractivity contribution in [3.63, 3.8) is 0 Å². The molecule has 1 aromatic heterocycles. The smallest absolute Gasteiger partial charge is 0.169 e. The van der Waals surface area contributed by atoms with Gasteiger partial charge >= 0.3 is 0 Å². The minimum Gasteiger partial charge on any atom is -1.00 e. The van der Waals surface area contributed by atoms with E-state index >= 15 is 0 Å². The molecule has 0 aliphatic heterocycles. The Morgan fingerprint density at radius 3 is 2.21 bits per heavy atom. The topological polar surface area (TPSA) is 3.88 Å². The summed E-state index contributed by atoms with van der Waals surface area (Å²) in [6.07, 6.45) is 9.55. The van der Waals surface area contributed by atoms with Crippen molar-refractivity contribution in [1.29, 1.82) is 0 Å². The third-order valence-electron chi connectivity index (χ3n) is 2.39. The minimum absolute atomic E-state index is 0. The highest BCUT2D eigenvalue weighted by Gasteiger charge is 1.97. The minimum atomic E-state index is 0. The first kappa shape index (κ1) is 13.6. The number of aromatic nitrogens is 1. The van der Waals surface area contributed by atoms with E-state index in [2.05, 4.69) is 42.9 Å². The van der Waals surface area contributed by atoms with E-state index < -0.39 is 0 Å². The van der Waals surface area contributed by atoms with Crippen LogP contribution >= 0.6 is 0 Å². The molecule has 0 unspecified atom stereocenters. The molecule has 0 atom stereocenters. The molecule has 0 saturated heterocycles. The third kappa shape index (κ3) is 4.75. The molecule has 0 fully saturated rings. The van der Waals surface area contributed by atoms with Crippen LogP contribution in [0.4, 0.5) is 0 Å². The molecular weight excluding hydrogens is 238 g/mol. The van der Waals surface area contributed by atoms with Crippen LogP contribution in [0.15, 0.2) is 24.5 Å². The van der Waals surface area contributed by atoms with E-state index in [0.717, 1.165) is 6.54 Å². The summed E-state index contributed by atoms with van der Waals surface area (Å²) in [4.78, 5) is 0. The molecule has 1 rings (SSSR count). The van der Waals surface area contributed by atoms with Crippen LogP contribution in [0.3, 0.4) is 0 Å². The Morgan fingerprint density at radius 2 is 1.71 bits per heavy atom. The van der Waals surface area contributed by atoms with Gasteiger partial charge in [0, 0.05) is 12.1 Å². The number of hydrogen-bond acceptors (Lipinski definition) is 0. The van der Waals surface area contributed by atoms with Gasteiger partial charge in [-0.1, -0.05) is 19.8 Å². The van der Waals surface area contributed by atoms with Gasteiger partial charge in [-0.05, 0) is 25.3 Å². The maximum Gasteiger partial charge on any atom is 0.169 e. The van der Waals surface area contributed by atoms with Gasteiger partial charge in [-0.25, -0.2) is 4.57 Å². The van der Waals surface area contributed by atoms with Crippen LogP contribution in [0.2, 0.25) is 0 Å². The van der Waals surface area contributed by atoms with E-state index in [0.29, 0.717) is 0 Å². The van der Waals surface area contributed by atoms with Crippen LogP contribution in [-0.4, -0.2) is 0 Å². The van der Waals surface area contributed by atoms with E-state index in [9.17, 15) is 0 Å². The second-order valence-corrected chi connectivity index (χ2v) is 3.49.